The first-order chi connectivity index (χ1) is 9.35. The highest BCUT2D eigenvalue weighted by atomic mass is 16.5. The molecule has 0 aliphatic carbocycles. The molecule has 1 aromatic carbocycles. The van der Waals surface area contributed by atoms with Crippen LogP contribution in [0, 0.1) is 0 Å². The third-order valence-electron chi connectivity index (χ3n) is 3.27. The highest BCUT2D eigenvalue weighted by Gasteiger charge is 2.15. The van der Waals surface area contributed by atoms with Crippen molar-refractivity contribution in [2.24, 2.45) is 0 Å². The van der Waals surface area contributed by atoms with E-state index in [9.17, 15) is 0 Å². The Morgan fingerprint density at radius 2 is 1.85 bits per heavy atom. The Morgan fingerprint density at radius 3 is 2.40 bits per heavy atom. The van der Waals surface area contributed by atoms with E-state index in [1.54, 1.807) is 7.11 Å². The minimum Gasteiger partial charge on any atom is -0.383 e. The minimum absolute atomic E-state index is 0.127. The van der Waals surface area contributed by atoms with Gasteiger partial charge in [0.25, 0.3) is 0 Å². The summed E-state index contributed by atoms with van der Waals surface area (Å²) < 4.78 is 5.24. The number of ether oxygens (including phenoxy) is 1. The first kappa shape index (κ1) is 17.0. The van der Waals surface area contributed by atoms with Gasteiger partial charge in [0.05, 0.1) is 6.61 Å². The van der Waals surface area contributed by atoms with Crippen molar-refractivity contribution in [1.29, 1.82) is 0 Å². The molecule has 114 valence electrons. The second-order valence-electron chi connectivity index (χ2n) is 6.51. The zero-order valence-corrected chi connectivity index (χ0v) is 13.9. The number of hydrogen-bond donors (Lipinski definition) is 1. The van der Waals surface area contributed by atoms with Gasteiger partial charge in [0.15, 0.2) is 0 Å². The number of nitrogens with one attached hydrogen (secondary N) is 1. The molecule has 0 aliphatic heterocycles. The fourth-order valence-electron chi connectivity index (χ4n) is 2.15. The van der Waals surface area contributed by atoms with Crippen LogP contribution >= 0.6 is 0 Å². The average Bonchev–Trinajstić information content (AvgIpc) is 2.36. The summed E-state index contributed by atoms with van der Waals surface area (Å²) >= 11 is 0. The number of para-hydroxylation sites is 1. The van der Waals surface area contributed by atoms with Gasteiger partial charge >= 0.3 is 0 Å². The fourth-order valence-corrected chi connectivity index (χ4v) is 2.15. The van der Waals surface area contributed by atoms with E-state index in [2.05, 4.69) is 69.1 Å². The molecule has 0 spiro atoms. The first-order valence-electron chi connectivity index (χ1n) is 7.43. The van der Waals surface area contributed by atoms with E-state index in [1.807, 2.05) is 0 Å². The van der Waals surface area contributed by atoms with Gasteiger partial charge in [-0.25, -0.2) is 0 Å². The van der Waals surface area contributed by atoms with Crippen LogP contribution in [0.3, 0.4) is 0 Å². The van der Waals surface area contributed by atoms with Crippen LogP contribution in [0.1, 0.15) is 40.2 Å². The monoisotopic (exact) mass is 278 g/mol. The maximum absolute atomic E-state index is 5.24. The number of nitrogens with zero attached hydrogens (tertiary/aromatic N) is 1. The molecule has 0 unspecified atom stereocenters. The van der Waals surface area contributed by atoms with Gasteiger partial charge in [0, 0.05) is 37.5 Å². The maximum atomic E-state index is 5.24. The zero-order valence-electron chi connectivity index (χ0n) is 13.9. The molecule has 0 radical (unpaired) electrons. The Bertz CT molecular complexity index is 396. The van der Waals surface area contributed by atoms with E-state index in [1.165, 1.54) is 11.3 Å². The number of rotatable bonds is 7. The average molecular weight is 278 g/mol. The van der Waals surface area contributed by atoms with Gasteiger partial charge in [-0.15, -0.1) is 0 Å². The molecular weight excluding hydrogens is 248 g/mol. The van der Waals surface area contributed by atoms with Crippen molar-refractivity contribution >= 4 is 5.69 Å². The largest absolute Gasteiger partial charge is 0.383 e. The molecule has 1 N–H and O–H groups in total. The summed E-state index contributed by atoms with van der Waals surface area (Å²) in [6.07, 6.45) is 0. The molecule has 20 heavy (non-hydrogen) atoms. The van der Waals surface area contributed by atoms with Crippen LogP contribution in [0.25, 0.3) is 0 Å². The normalized spacial score (nSPS) is 11.9. The summed E-state index contributed by atoms with van der Waals surface area (Å²) in [5, 5.41) is 3.57. The molecular formula is C17H30N2O. The third kappa shape index (κ3) is 5.51. The second-order valence-corrected chi connectivity index (χ2v) is 6.51. The molecule has 0 aliphatic rings. The zero-order chi connectivity index (χ0) is 15.2. The highest BCUT2D eigenvalue weighted by molar-refractivity contribution is 5.54. The van der Waals surface area contributed by atoms with Gasteiger partial charge in [0.1, 0.15) is 0 Å². The predicted octanol–water partition coefficient (Wildman–Crippen LogP) is 3.44. The van der Waals surface area contributed by atoms with E-state index in [-0.39, 0.29) is 5.54 Å². The minimum atomic E-state index is 0.127. The van der Waals surface area contributed by atoms with Crippen LogP contribution in [-0.2, 0) is 11.3 Å². The summed E-state index contributed by atoms with van der Waals surface area (Å²) in [4.78, 5) is 2.41. The molecule has 0 saturated carbocycles. The lowest BCUT2D eigenvalue weighted by Gasteiger charge is -2.31. The smallest absolute Gasteiger partial charge is 0.0637 e. The first-order valence-corrected chi connectivity index (χ1v) is 7.43. The number of anilines is 1. The Morgan fingerprint density at radius 1 is 1.20 bits per heavy atom. The Kier molecular flexibility index (Phi) is 6.50. The Balaban J connectivity index is 2.91. The predicted molar refractivity (Wildman–Crippen MR) is 87.4 cm³/mol. The Labute approximate surface area is 124 Å². The van der Waals surface area contributed by atoms with Crippen LogP contribution in [0.15, 0.2) is 24.3 Å². The van der Waals surface area contributed by atoms with Gasteiger partial charge in [-0.1, -0.05) is 18.2 Å². The molecule has 3 heteroatoms. The quantitative estimate of drug-likeness (QED) is 0.827. The molecule has 0 aromatic heterocycles. The lowest BCUT2D eigenvalue weighted by molar-refractivity contribution is 0.203. The van der Waals surface area contributed by atoms with E-state index in [4.69, 9.17) is 4.74 Å². The summed E-state index contributed by atoms with van der Waals surface area (Å²) in [5.41, 5.74) is 2.77. The Hall–Kier alpha value is -1.06. The van der Waals surface area contributed by atoms with Crippen molar-refractivity contribution < 1.29 is 4.74 Å². The molecule has 3 nitrogen and oxygen atoms in total. The summed E-state index contributed by atoms with van der Waals surface area (Å²) in [6, 6.07) is 9.09. The van der Waals surface area contributed by atoms with Gasteiger partial charge in [0.2, 0.25) is 0 Å². The van der Waals surface area contributed by atoms with E-state index in [0.717, 1.165) is 19.7 Å². The highest BCUT2D eigenvalue weighted by Crippen LogP contribution is 2.23. The second kappa shape index (κ2) is 7.65. The maximum Gasteiger partial charge on any atom is 0.0637 e. The summed E-state index contributed by atoms with van der Waals surface area (Å²) in [7, 11) is 1.76. The molecule has 1 rings (SSSR count). The molecule has 0 bridgehead atoms. The number of methoxy groups -OCH3 is 1. The van der Waals surface area contributed by atoms with Gasteiger partial charge in [-0.2, -0.15) is 0 Å². The summed E-state index contributed by atoms with van der Waals surface area (Å²) in [5.74, 6) is 0. The molecule has 0 amide bonds. The van der Waals surface area contributed by atoms with Crippen LogP contribution in [0.4, 0.5) is 5.69 Å². The van der Waals surface area contributed by atoms with Crippen molar-refractivity contribution in [3.8, 4) is 0 Å². The summed E-state index contributed by atoms with van der Waals surface area (Å²) in [6.45, 7) is 13.6. The molecule has 1 aromatic rings. The van der Waals surface area contributed by atoms with Gasteiger partial charge < -0.3 is 15.0 Å². The van der Waals surface area contributed by atoms with Gasteiger partial charge in [-0.3, -0.25) is 0 Å². The van der Waals surface area contributed by atoms with Crippen molar-refractivity contribution in [3.63, 3.8) is 0 Å². The molecule has 0 saturated heterocycles. The lowest BCUT2D eigenvalue weighted by Crippen LogP contribution is -2.37. The van der Waals surface area contributed by atoms with E-state index < -0.39 is 0 Å². The van der Waals surface area contributed by atoms with Crippen molar-refractivity contribution in [3.05, 3.63) is 29.8 Å². The molecule has 0 atom stereocenters. The van der Waals surface area contributed by atoms with Crippen molar-refractivity contribution in [2.75, 3.05) is 25.2 Å². The topological polar surface area (TPSA) is 24.5 Å². The third-order valence-corrected chi connectivity index (χ3v) is 3.27. The standard InChI is InChI=1S/C17H30N2O/c1-14(2)19(11-12-20-6)16-10-8-7-9-15(16)13-18-17(3,4)5/h7-10,14,18H,11-13H2,1-6H3. The number of hydrogen-bond acceptors (Lipinski definition) is 3. The lowest BCUT2D eigenvalue weighted by atomic mass is 10.1. The van der Waals surface area contributed by atoms with Gasteiger partial charge in [-0.05, 0) is 46.2 Å². The van der Waals surface area contributed by atoms with Crippen LogP contribution in [-0.4, -0.2) is 31.8 Å². The molecule has 0 fully saturated rings. The van der Waals surface area contributed by atoms with Crippen molar-refractivity contribution in [2.45, 2.75) is 52.7 Å². The van der Waals surface area contributed by atoms with E-state index >= 15 is 0 Å². The fraction of sp³-hybridized carbons (Fsp3) is 0.647. The van der Waals surface area contributed by atoms with Crippen LogP contribution in [0.2, 0.25) is 0 Å². The van der Waals surface area contributed by atoms with E-state index in [0.29, 0.717) is 6.04 Å². The van der Waals surface area contributed by atoms with Crippen molar-refractivity contribution in [1.82, 2.24) is 5.32 Å². The van der Waals surface area contributed by atoms with Crippen LogP contribution < -0.4 is 10.2 Å². The van der Waals surface area contributed by atoms with Crippen LogP contribution in [0.5, 0.6) is 0 Å². The SMILES string of the molecule is COCCN(c1ccccc1CNC(C)(C)C)C(C)C. The number of benzene rings is 1. The molecule has 0 heterocycles.